The second-order valence-corrected chi connectivity index (χ2v) is 5.15. The van der Waals surface area contributed by atoms with Crippen LogP contribution in [0.5, 0.6) is 0 Å². The van der Waals surface area contributed by atoms with Gasteiger partial charge in [-0.2, -0.15) is 4.39 Å². The second kappa shape index (κ2) is 5.55. The van der Waals surface area contributed by atoms with Crippen LogP contribution < -0.4 is 5.73 Å². The van der Waals surface area contributed by atoms with E-state index in [1.54, 1.807) is 19.2 Å². The molecule has 1 aliphatic rings. The summed E-state index contributed by atoms with van der Waals surface area (Å²) >= 11 is 0. The van der Waals surface area contributed by atoms with E-state index in [0.29, 0.717) is 12.0 Å². The van der Waals surface area contributed by atoms with Crippen molar-refractivity contribution < 1.29 is 9.18 Å². The first-order valence-corrected chi connectivity index (χ1v) is 6.87. The highest BCUT2D eigenvalue weighted by molar-refractivity contribution is 6.04. The van der Waals surface area contributed by atoms with E-state index in [4.69, 9.17) is 5.73 Å². The van der Waals surface area contributed by atoms with Crippen molar-refractivity contribution in [1.29, 1.82) is 0 Å². The number of carbonyl (C=O) groups is 1. The van der Waals surface area contributed by atoms with Crippen LogP contribution >= 0.6 is 0 Å². The number of aromatic nitrogens is 1. The van der Waals surface area contributed by atoms with Crippen molar-refractivity contribution >= 4 is 11.9 Å². The zero-order chi connectivity index (χ0) is 15.7. The quantitative estimate of drug-likeness (QED) is 0.875. The first-order chi connectivity index (χ1) is 10.6. The number of amides is 1. The zero-order valence-corrected chi connectivity index (χ0v) is 12.0. The van der Waals surface area contributed by atoms with E-state index in [1.165, 1.54) is 11.1 Å². The topological polar surface area (TPSA) is 71.6 Å². The normalized spacial score (nSPS) is 17.7. The van der Waals surface area contributed by atoms with Crippen LogP contribution in [0.3, 0.4) is 0 Å². The van der Waals surface area contributed by atoms with Gasteiger partial charge in [0.05, 0.1) is 0 Å². The number of rotatable bonds is 3. The smallest absolute Gasteiger partial charge is 0.254 e. The van der Waals surface area contributed by atoms with Crippen molar-refractivity contribution in [1.82, 2.24) is 9.88 Å². The number of halogens is 1. The molecule has 0 bridgehead atoms. The van der Waals surface area contributed by atoms with Gasteiger partial charge in [-0.25, -0.2) is 9.98 Å². The maximum Gasteiger partial charge on any atom is 0.254 e. The summed E-state index contributed by atoms with van der Waals surface area (Å²) < 4.78 is 13.8. The van der Waals surface area contributed by atoms with Crippen LogP contribution in [0, 0.1) is 5.95 Å². The lowest BCUT2D eigenvalue weighted by Crippen LogP contribution is -2.35. The van der Waals surface area contributed by atoms with Gasteiger partial charge in [-0.3, -0.25) is 9.69 Å². The highest BCUT2D eigenvalue weighted by Gasteiger charge is 2.30. The molecule has 112 valence electrons. The Bertz CT molecular complexity index is 759. The molecule has 1 amide bonds. The predicted molar refractivity (Wildman–Crippen MR) is 81.5 cm³/mol. The Kier molecular flexibility index (Phi) is 3.58. The van der Waals surface area contributed by atoms with Gasteiger partial charge in [0.2, 0.25) is 5.95 Å². The van der Waals surface area contributed by atoms with E-state index in [9.17, 15) is 9.18 Å². The number of likely N-dealkylation sites (N-methyl/N-ethyl adjacent to an activating group) is 1. The number of hydrogen-bond acceptors (Lipinski definition) is 4. The number of pyridine rings is 1. The van der Waals surface area contributed by atoms with Gasteiger partial charge in [0, 0.05) is 25.2 Å². The predicted octanol–water partition coefficient (Wildman–Crippen LogP) is 1.59. The molecule has 0 spiro atoms. The number of guanidine groups is 1. The van der Waals surface area contributed by atoms with Gasteiger partial charge >= 0.3 is 0 Å². The van der Waals surface area contributed by atoms with Gasteiger partial charge in [0.25, 0.3) is 5.91 Å². The van der Waals surface area contributed by atoms with Crippen LogP contribution in [0.25, 0.3) is 11.1 Å². The highest BCUT2D eigenvalue weighted by Crippen LogP contribution is 2.23. The SMILES string of the molecule is CN1C(=O)C(Cc2cccc(-c3cccnc3F)c2)N=C1N. The van der Waals surface area contributed by atoms with Crippen LogP contribution in [0.4, 0.5) is 4.39 Å². The summed E-state index contributed by atoms with van der Waals surface area (Å²) in [5.74, 6) is -0.418. The summed E-state index contributed by atoms with van der Waals surface area (Å²) in [7, 11) is 1.60. The Hall–Kier alpha value is -2.76. The van der Waals surface area contributed by atoms with Gasteiger partial charge in [0.1, 0.15) is 6.04 Å². The van der Waals surface area contributed by atoms with Gasteiger partial charge in [-0.05, 0) is 23.3 Å². The van der Waals surface area contributed by atoms with Crippen LogP contribution in [-0.2, 0) is 11.2 Å². The fourth-order valence-corrected chi connectivity index (χ4v) is 2.46. The fourth-order valence-electron chi connectivity index (χ4n) is 2.46. The van der Waals surface area contributed by atoms with Crippen LogP contribution in [0.15, 0.2) is 47.6 Å². The van der Waals surface area contributed by atoms with E-state index in [-0.39, 0.29) is 11.9 Å². The molecule has 0 aliphatic carbocycles. The molecule has 3 rings (SSSR count). The van der Waals surface area contributed by atoms with E-state index in [0.717, 1.165) is 11.1 Å². The first kappa shape index (κ1) is 14.2. The third kappa shape index (κ3) is 2.55. The first-order valence-electron chi connectivity index (χ1n) is 6.87. The highest BCUT2D eigenvalue weighted by atomic mass is 19.1. The number of benzene rings is 1. The summed E-state index contributed by atoms with van der Waals surface area (Å²) in [4.78, 5) is 21.1. The maximum absolute atomic E-state index is 13.8. The third-order valence-corrected chi connectivity index (χ3v) is 3.67. The Labute approximate surface area is 127 Å². The molecule has 2 heterocycles. The molecule has 5 nitrogen and oxygen atoms in total. The van der Waals surface area contributed by atoms with Crippen LogP contribution in [0.2, 0.25) is 0 Å². The average molecular weight is 298 g/mol. The van der Waals surface area contributed by atoms with Crippen LogP contribution in [-0.4, -0.2) is 34.8 Å². The molecule has 22 heavy (non-hydrogen) atoms. The molecule has 2 aromatic rings. The minimum Gasteiger partial charge on any atom is -0.369 e. The van der Waals surface area contributed by atoms with Crippen molar-refractivity contribution in [2.75, 3.05) is 7.05 Å². The number of aliphatic imine (C=N–C) groups is 1. The average Bonchev–Trinajstić information content (AvgIpc) is 2.75. The molecular weight excluding hydrogens is 283 g/mol. The molecule has 0 saturated carbocycles. The van der Waals surface area contributed by atoms with Gasteiger partial charge < -0.3 is 5.73 Å². The molecule has 6 heteroatoms. The summed E-state index contributed by atoms with van der Waals surface area (Å²) in [6.45, 7) is 0. The Balaban J connectivity index is 1.87. The Morgan fingerprint density at radius 3 is 2.82 bits per heavy atom. The molecule has 1 aromatic heterocycles. The Morgan fingerprint density at radius 1 is 1.32 bits per heavy atom. The summed E-state index contributed by atoms with van der Waals surface area (Å²) in [6, 6.07) is 10.2. The monoisotopic (exact) mass is 298 g/mol. The maximum atomic E-state index is 13.8. The lowest BCUT2D eigenvalue weighted by atomic mass is 10.00. The lowest BCUT2D eigenvalue weighted by Gasteiger charge is -2.10. The number of nitrogens with zero attached hydrogens (tertiary/aromatic N) is 3. The van der Waals surface area contributed by atoms with Crippen LogP contribution in [0.1, 0.15) is 5.56 Å². The number of nitrogens with two attached hydrogens (primary N) is 1. The van der Waals surface area contributed by atoms with Crippen molar-refractivity contribution in [3.8, 4) is 11.1 Å². The second-order valence-electron chi connectivity index (χ2n) is 5.15. The van der Waals surface area contributed by atoms with Crippen molar-refractivity contribution in [2.45, 2.75) is 12.5 Å². The molecule has 1 atom stereocenters. The molecule has 1 aromatic carbocycles. The molecule has 1 aliphatic heterocycles. The van der Waals surface area contributed by atoms with Gasteiger partial charge in [-0.15, -0.1) is 0 Å². The molecule has 1 unspecified atom stereocenters. The van der Waals surface area contributed by atoms with Gasteiger partial charge in [0.15, 0.2) is 5.96 Å². The minimum atomic E-state index is -0.515. The van der Waals surface area contributed by atoms with Gasteiger partial charge in [-0.1, -0.05) is 24.3 Å². The standard InChI is InChI=1S/C16H15FN4O/c1-21-15(22)13(20-16(21)18)9-10-4-2-5-11(8-10)12-6-3-7-19-14(12)17/h2-8,13H,9H2,1H3,(H2,18,20). The van der Waals surface area contributed by atoms with E-state index >= 15 is 0 Å². The number of carbonyl (C=O) groups excluding carboxylic acids is 1. The minimum absolute atomic E-state index is 0.129. The molecule has 0 radical (unpaired) electrons. The van der Waals surface area contributed by atoms with E-state index in [1.807, 2.05) is 24.3 Å². The van der Waals surface area contributed by atoms with Crippen molar-refractivity contribution in [3.05, 3.63) is 54.1 Å². The van der Waals surface area contributed by atoms with Crippen molar-refractivity contribution in [3.63, 3.8) is 0 Å². The molecule has 0 saturated heterocycles. The fraction of sp³-hybridized carbons (Fsp3) is 0.188. The Morgan fingerprint density at radius 2 is 2.14 bits per heavy atom. The number of hydrogen-bond donors (Lipinski definition) is 1. The van der Waals surface area contributed by atoms with E-state index in [2.05, 4.69) is 9.98 Å². The van der Waals surface area contributed by atoms with E-state index < -0.39 is 12.0 Å². The summed E-state index contributed by atoms with van der Waals surface area (Å²) in [6.07, 6.45) is 1.84. The third-order valence-electron chi connectivity index (χ3n) is 3.67. The lowest BCUT2D eigenvalue weighted by molar-refractivity contribution is -0.126. The molecular formula is C16H15FN4O. The zero-order valence-electron chi connectivity index (χ0n) is 12.0. The molecule has 0 fully saturated rings. The largest absolute Gasteiger partial charge is 0.369 e. The van der Waals surface area contributed by atoms with Crippen molar-refractivity contribution in [2.24, 2.45) is 10.7 Å². The summed E-state index contributed by atoms with van der Waals surface area (Å²) in [5, 5.41) is 0. The molecule has 2 N–H and O–H groups in total. The summed E-state index contributed by atoms with van der Waals surface area (Å²) in [5.41, 5.74) is 7.70.